The second-order valence-electron chi connectivity index (χ2n) is 4.88. The Morgan fingerprint density at radius 2 is 2.27 bits per heavy atom. The molecule has 4 heteroatoms. The zero-order valence-electron chi connectivity index (χ0n) is 9.92. The first-order chi connectivity index (χ1) is 7.00. The zero-order chi connectivity index (χ0) is 11.5. The SMILES string of the molecule is CCCCN1CC(C)(C)NC(CO)C1=O. The van der Waals surface area contributed by atoms with Gasteiger partial charge in [-0.15, -0.1) is 0 Å². The number of amides is 1. The van der Waals surface area contributed by atoms with Gasteiger partial charge in [-0.3, -0.25) is 10.1 Å². The van der Waals surface area contributed by atoms with Crippen LogP contribution in [0.3, 0.4) is 0 Å². The van der Waals surface area contributed by atoms with E-state index >= 15 is 0 Å². The Balaban J connectivity index is 2.64. The molecule has 1 rings (SSSR count). The van der Waals surface area contributed by atoms with Crippen LogP contribution < -0.4 is 5.32 Å². The summed E-state index contributed by atoms with van der Waals surface area (Å²) in [5.41, 5.74) is -0.102. The van der Waals surface area contributed by atoms with E-state index in [0.717, 1.165) is 25.9 Å². The summed E-state index contributed by atoms with van der Waals surface area (Å²) < 4.78 is 0. The number of nitrogens with zero attached hydrogens (tertiary/aromatic N) is 1. The van der Waals surface area contributed by atoms with Crippen molar-refractivity contribution in [2.45, 2.75) is 45.2 Å². The molecule has 1 amide bonds. The van der Waals surface area contributed by atoms with E-state index in [-0.39, 0.29) is 18.1 Å². The number of hydrogen-bond acceptors (Lipinski definition) is 3. The summed E-state index contributed by atoms with van der Waals surface area (Å²) in [5, 5.41) is 12.3. The fraction of sp³-hybridized carbons (Fsp3) is 0.909. The third kappa shape index (κ3) is 3.18. The van der Waals surface area contributed by atoms with Gasteiger partial charge >= 0.3 is 0 Å². The lowest BCUT2D eigenvalue weighted by atomic mass is 9.98. The maximum Gasteiger partial charge on any atom is 0.242 e. The molecule has 1 aliphatic rings. The number of hydrogen-bond donors (Lipinski definition) is 2. The molecule has 88 valence electrons. The van der Waals surface area contributed by atoms with E-state index in [1.807, 2.05) is 4.90 Å². The van der Waals surface area contributed by atoms with E-state index in [1.165, 1.54) is 0 Å². The molecule has 0 aliphatic carbocycles. The number of rotatable bonds is 4. The van der Waals surface area contributed by atoms with Crippen LogP contribution in [-0.4, -0.2) is 47.2 Å². The van der Waals surface area contributed by atoms with Crippen LogP contribution in [0.15, 0.2) is 0 Å². The molecule has 1 saturated heterocycles. The molecule has 0 radical (unpaired) electrons. The summed E-state index contributed by atoms with van der Waals surface area (Å²) in [6.07, 6.45) is 2.11. The third-order valence-electron chi connectivity index (χ3n) is 2.73. The van der Waals surface area contributed by atoms with E-state index < -0.39 is 6.04 Å². The Morgan fingerprint density at radius 1 is 1.60 bits per heavy atom. The molecular formula is C11H22N2O2. The summed E-state index contributed by atoms with van der Waals surface area (Å²) in [5.74, 6) is 0.0327. The van der Waals surface area contributed by atoms with Crippen molar-refractivity contribution in [1.29, 1.82) is 0 Å². The molecule has 0 spiro atoms. The highest BCUT2D eigenvalue weighted by Gasteiger charge is 2.36. The van der Waals surface area contributed by atoms with Crippen LogP contribution in [0.25, 0.3) is 0 Å². The normalized spacial score (nSPS) is 25.7. The first-order valence-electron chi connectivity index (χ1n) is 5.67. The summed E-state index contributed by atoms with van der Waals surface area (Å²) in [7, 11) is 0. The van der Waals surface area contributed by atoms with Gasteiger partial charge in [0, 0.05) is 18.6 Å². The molecule has 0 bridgehead atoms. The molecule has 1 fully saturated rings. The molecule has 1 heterocycles. The molecular weight excluding hydrogens is 192 g/mol. The van der Waals surface area contributed by atoms with E-state index in [9.17, 15) is 4.79 Å². The highest BCUT2D eigenvalue weighted by atomic mass is 16.3. The van der Waals surface area contributed by atoms with Crippen LogP contribution in [0.1, 0.15) is 33.6 Å². The molecule has 15 heavy (non-hydrogen) atoms. The summed E-state index contributed by atoms with van der Waals surface area (Å²) in [6.45, 7) is 7.63. The van der Waals surface area contributed by atoms with Crippen LogP contribution >= 0.6 is 0 Å². The number of piperazine rings is 1. The minimum atomic E-state index is -0.425. The lowest BCUT2D eigenvalue weighted by molar-refractivity contribution is -0.140. The van der Waals surface area contributed by atoms with Gasteiger partial charge < -0.3 is 10.0 Å². The minimum Gasteiger partial charge on any atom is -0.394 e. The lowest BCUT2D eigenvalue weighted by Crippen LogP contribution is -2.65. The number of nitrogens with one attached hydrogen (secondary N) is 1. The van der Waals surface area contributed by atoms with Crippen molar-refractivity contribution in [2.75, 3.05) is 19.7 Å². The van der Waals surface area contributed by atoms with Crippen molar-refractivity contribution in [2.24, 2.45) is 0 Å². The van der Waals surface area contributed by atoms with Crippen LogP contribution in [0.5, 0.6) is 0 Å². The van der Waals surface area contributed by atoms with Crippen molar-refractivity contribution in [3.8, 4) is 0 Å². The number of aliphatic hydroxyl groups is 1. The van der Waals surface area contributed by atoms with Crippen LogP contribution in [0.2, 0.25) is 0 Å². The van der Waals surface area contributed by atoms with Crippen LogP contribution in [-0.2, 0) is 4.79 Å². The Morgan fingerprint density at radius 3 is 2.80 bits per heavy atom. The Labute approximate surface area is 91.6 Å². The van der Waals surface area contributed by atoms with Crippen molar-refractivity contribution in [3.05, 3.63) is 0 Å². The number of aliphatic hydroxyl groups excluding tert-OH is 1. The quantitative estimate of drug-likeness (QED) is 0.710. The van der Waals surface area contributed by atoms with Gasteiger partial charge in [-0.05, 0) is 20.3 Å². The lowest BCUT2D eigenvalue weighted by Gasteiger charge is -2.42. The highest BCUT2D eigenvalue weighted by Crippen LogP contribution is 2.15. The summed E-state index contributed by atoms with van der Waals surface area (Å²) in [6, 6.07) is -0.425. The van der Waals surface area contributed by atoms with Crippen molar-refractivity contribution >= 4 is 5.91 Å². The standard InChI is InChI=1S/C11H22N2O2/c1-4-5-6-13-8-11(2,3)12-9(7-14)10(13)15/h9,12,14H,4-8H2,1-3H3. The average molecular weight is 214 g/mol. The second kappa shape index (κ2) is 4.94. The third-order valence-corrected chi connectivity index (χ3v) is 2.73. The monoisotopic (exact) mass is 214 g/mol. The molecule has 1 atom stereocenters. The maximum atomic E-state index is 11.9. The number of carbonyl (C=O) groups is 1. The Bertz CT molecular complexity index is 229. The van der Waals surface area contributed by atoms with Gasteiger partial charge in [0.05, 0.1) is 6.61 Å². The molecule has 2 N–H and O–H groups in total. The van der Waals surface area contributed by atoms with Crippen molar-refractivity contribution in [1.82, 2.24) is 10.2 Å². The zero-order valence-corrected chi connectivity index (χ0v) is 9.92. The number of unbranched alkanes of at least 4 members (excludes halogenated alkanes) is 1. The van der Waals surface area contributed by atoms with Crippen molar-refractivity contribution in [3.63, 3.8) is 0 Å². The predicted molar refractivity (Wildman–Crippen MR) is 59.6 cm³/mol. The number of carbonyl (C=O) groups excluding carboxylic acids is 1. The molecule has 0 aromatic carbocycles. The Hall–Kier alpha value is -0.610. The summed E-state index contributed by atoms with van der Waals surface area (Å²) >= 11 is 0. The maximum absolute atomic E-state index is 11.9. The highest BCUT2D eigenvalue weighted by molar-refractivity contribution is 5.83. The van der Waals surface area contributed by atoms with Gasteiger partial charge in [-0.25, -0.2) is 0 Å². The van der Waals surface area contributed by atoms with E-state index in [2.05, 4.69) is 26.1 Å². The van der Waals surface area contributed by atoms with Gasteiger partial charge in [0.2, 0.25) is 5.91 Å². The van der Waals surface area contributed by atoms with E-state index in [4.69, 9.17) is 5.11 Å². The second-order valence-corrected chi connectivity index (χ2v) is 4.88. The van der Waals surface area contributed by atoms with Crippen molar-refractivity contribution < 1.29 is 9.90 Å². The van der Waals surface area contributed by atoms with Gasteiger partial charge in [0.15, 0.2) is 0 Å². The van der Waals surface area contributed by atoms with Gasteiger partial charge in [0.25, 0.3) is 0 Å². The first-order valence-corrected chi connectivity index (χ1v) is 5.67. The fourth-order valence-corrected chi connectivity index (χ4v) is 2.02. The molecule has 0 saturated carbocycles. The Kier molecular flexibility index (Phi) is 4.11. The predicted octanol–water partition coefficient (Wildman–Crippen LogP) is 0.358. The summed E-state index contributed by atoms with van der Waals surface area (Å²) in [4.78, 5) is 13.7. The minimum absolute atomic E-state index is 0.0327. The first kappa shape index (κ1) is 12.5. The fourth-order valence-electron chi connectivity index (χ4n) is 2.02. The van der Waals surface area contributed by atoms with Gasteiger partial charge in [-0.1, -0.05) is 13.3 Å². The molecule has 1 aliphatic heterocycles. The molecule has 1 unspecified atom stereocenters. The van der Waals surface area contributed by atoms with Crippen LogP contribution in [0, 0.1) is 0 Å². The van der Waals surface area contributed by atoms with Gasteiger partial charge in [-0.2, -0.15) is 0 Å². The smallest absolute Gasteiger partial charge is 0.242 e. The molecule has 4 nitrogen and oxygen atoms in total. The van der Waals surface area contributed by atoms with E-state index in [1.54, 1.807) is 0 Å². The molecule has 0 aromatic heterocycles. The average Bonchev–Trinajstić information content (AvgIpc) is 2.18. The van der Waals surface area contributed by atoms with E-state index in [0.29, 0.717) is 0 Å². The largest absolute Gasteiger partial charge is 0.394 e. The molecule has 0 aromatic rings. The topological polar surface area (TPSA) is 52.6 Å². The van der Waals surface area contributed by atoms with Gasteiger partial charge in [0.1, 0.15) is 6.04 Å². The van der Waals surface area contributed by atoms with Crippen LogP contribution in [0.4, 0.5) is 0 Å².